The summed E-state index contributed by atoms with van der Waals surface area (Å²) in [5, 5.41) is 0.651. The van der Waals surface area contributed by atoms with Crippen LogP contribution in [0.5, 0.6) is 11.5 Å². The van der Waals surface area contributed by atoms with Crippen molar-refractivity contribution in [2.24, 2.45) is 0 Å². The van der Waals surface area contributed by atoms with Gasteiger partial charge in [0.05, 0.1) is 28.4 Å². The Labute approximate surface area is 164 Å². The van der Waals surface area contributed by atoms with Gasteiger partial charge in [0, 0.05) is 12.6 Å². The molecule has 2 aromatic carbocycles. The molecule has 0 radical (unpaired) electrons. The van der Waals surface area contributed by atoms with E-state index in [9.17, 15) is 4.79 Å². The minimum atomic E-state index is -0.162. The zero-order valence-electron chi connectivity index (χ0n) is 14.8. The van der Waals surface area contributed by atoms with Gasteiger partial charge in [0.1, 0.15) is 0 Å². The van der Waals surface area contributed by atoms with Crippen LogP contribution < -0.4 is 14.4 Å². The minimum Gasteiger partial charge on any atom is -0.493 e. The van der Waals surface area contributed by atoms with Crippen LogP contribution in [-0.2, 0) is 0 Å². The van der Waals surface area contributed by atoms with E-state index in [1.54, 1.807) is 31.2 Å². The number of hydrogen-bond acceptors (Lipinski definition) is 5. The quantitative estimate of drug-likeness (QED) is 0.539. The Kier molecular flexibility index (Phi) is 5.78. The maximum absolute atomic E-state index is 12.9. The molecule has 3 aromatic rings. The van der Waals surface area contributed by atoms with Gasteiger partial charge in [-0.2, -0.15) is 0 Å². The summed E-state index contributed by atoms with van der Waals surface area (Å²) >= 11 is 4.97. The molecule has 0 bridgehead atoms. The fraction of sp³-hybridized carbons (Fsp3) is 0.263. The summed E-state index contributed by atoms with van der Waals surface area (Å²) in [6.45, 7) is 2.61. The van der Waals surface area contributed by atoms with Gasteiger partial charge in [0.2, 0.25) is 0 Å². The Hall–Kier alpha value is -2.12. The summed E-state index contributed by atoms with van der Waals surface area (Å²) in [5.74, 6) is 0.965. The molecule has 0 saturated carbocycles. The minimum absolute atomic E-state index is 0.162. The molecule has 136 valence electrons. The van der Waals surface area contributed by atoms with Gasteiger partial charge in [-0.25, -0.2) is 4.98 Å². The zero-order valence-corrected chi connectivity index (χ0v) is 17.2. The molecule has 0 saturated heterocycles. The average Bonchev–Trinajstić information content (AvgIpc) is 3.09. The monoisotopic (exact) mass is 434 g/mol. The number of carbonyl (C=O) groups is 1. The Balaban J connectivity index is 1.92. The van der Waals surface area contributed by atoms with Crippen molar-refractivity contribution in [3.8, 4) is 11.5 Å². The molecule has 0 unspecified atom stereocenters. The number of halogens is 1. The van der Waals surface area contributed by atoms with Gasteiger partial charge in [0.15, 0.2) is 16.6 Å². The highest BCUT2D eigenvalue weighted by atomic mass is 79.9. The number of thiazole rings is 1. The van der Waals surface area contributed by atoms with Crippen molar-refractivity contribution in [1.29, 1.82) is 0 Å². The lowest BCUT2D eigenvalue weighted by atomic mass is 10.2. The van der Waals surface area contributed by atoms with Crippen LogP contribution in [0.2, 0.25) is 0 Å². The fourth-order valence-corrected chi connectivity index (χ4v) is 3.95. The van der Waals surface area contributed by atoms with Crippen molar-refractivity contribution in [1.82, 2.24) is 4.98 Å². The van der Waals surface area contributed by atoms with Crippen LogP contribution in [-0.4, -0.2) is 31.7 Å². The van der Waals surface area contributed by atoms with Crippen LogP contribution in [0.3, 0.4) is 0 Å². The Morgan fingerprint density at radius 1 is 1.31 bits per heavy atom. The normalized spacial score (nSPS) is 10.8. The summed E-state index contributed by atoms with van der Waals surface area (Å²) in [5.41, 5.74) is 1.38. The van der Waals surface area contributed by atoms with Gasteiger partial charge in [-0.3, -0.25) is 9.69 Å². The van der Waals surface area contributed by atoms with Crippen LogP contribution >= 0.6 is 27.3 Å². The molecule has 0 N–H and O–H groups in total. The van der Waals surface area contributed by atoms with E-state index in [2.05, 4.69) is 20.9 Å². The molecule has 7 heteroatoms. The first kappa shape index (κ1) is 18.7. The predicted octanol–water partition coefficient (Wildman–Crippen LogP) is 5.13. The standard InChI is InChI=1S/C19H19BrN2O3S/c1-4-9-25-17-13(20)10-12(11-15(17)24-3)18(23)22(2)19-21-14-7-5-6-8-16(14)26-19/h5-8,10-11H,4,9H2,1-3H3. The molecule has 0 fully saturated rings. The molecule has 1 heterocycles. The lowest BCUT2D eigenvalue weighted by Gasteiger charge is -2.17. The smallest absolute Gasteiger partial charge is 0.259 e. The molecule has 26 heavy (non-hydrogen) atoms. The van der Waals surface area contributed by atoms with Gasteiger partial charge >= 0.3 is 0 Å². The van der Waals surface area contributed by atoms with E-state index in [0.717, 1.165) is 16.6 Å². The number of ether oxygens (including phenoxy) is 2. The van der Waals surface area contributed by atoms with E-state index in [1.807, 2.05) is 31.2 Å². The summed E-state index contributed by atoms with van der Waals surface area (Å²) in [6.07, 6.45) is 0.886. The summed E-state index contributed by atoms with van der Waals surface area (Å²) < 4.78 is 12.9. The third kappa shape index (κ3) is 3.68. The molecular formula is C19H19BrN2O3S. The third-order valence-corrected chi connectivity index (χ3v) is 5.50. The van der Waals surface area contributed by atoms with Gasteiger partial charge in [-0.1, -0.05) is 30.4 Å². The van der Waals surface area contributed by atoms with Crippen LogP contribution in [0.25, 0.3) is 10.2 Å². The Morgan fingerprint density at radius 3 is 2.77 bits per heavy atom. The number of amides is 1. The lowest BCUT2D eigenvalue weighted by molar-refractivity contribution is 0.0992. The molecule has 3 rings (SSSR count). The summed E-state index contributed by atoms with van der Waals surface area (Å²) in [4.78, 5) is 19.0. The number of hydrogen-bond donors (Lipinski definition) is 0. The number of nitrogens with zero attached hydrogens (tertiary/aromatic N) is 2. The Morgan fingerprint density at radius 2 is 2.08 bits per heavy atom. The second-order valence-electron chi connectivity index (χ2n) is 5.67. The molecule has 0 aliphatic heterocycles. The molecule has 0 aliphatic rings. The van der Waals surface area contributed by atoms with Crippen LogP contribution in [0.15, 0.2) is 40.9 Å². The van der Waals surface area contributed by atoms with Crippen molar-refractivity contribution in [2.75, 3.05) is 25.7 Å². The van der Waals surface area contributed by atoms with Crippen molar-refractivity contribution >= 4 is 48.5 Å². The molecule has 0 atom stereocenters. The molecule has 1 amide bonds. The van der Waals surface area contributed by atoms with Crippen LogP contribution in [0.1, 0.15) is 23.7 Å². The van der Waals surface area contributed by atoms with E-state index < -0.39 is 0 Å². The summed E-state index contributed by atoms with van der Waals surface area (Å²) in [6, 6.07) is 11.3. The SMILES string of the molecule is CCCOc1c(Br)cc(C(=O)N(C)c2nc3ccccc3s2)cc1OC. The topological polar surface area (TPSA) is 51.7 Å². The number of para-hydroxylation sites is 1. The van der Waals surface area contributed by atoms with Gasteiger partial charge in [0.25, 0.3) is 5.91 Å². The second-order valence-corrected chi connectivity index (χ2v) is 7.53. The van der Waals surface area contributed by atoms with E-state index in [0.29, 0.717) is 33.3 Å². The molecular weight excluding hydrogens is 416 g/mol. The highest BCUT2D eigenvalue weighted by Crippen LogP contribution is 2.37. The third-order valence-electron chi connectivity index (χ3n) is 3.80. The van der Waals surface area contributed by atoms with Crippen molar-refractivity contribution < 1.29 is 14.3 Å². The van der Waals surface area contributed by atoms with Gasteiger partial charge in [-0.15, -0.1) is 0 Å². The number of methoxy groups -OCH3 is 1. The van der Waals surface area contributed by atoms with Gasteiger partial charge in [-0.05, 0) is 46.6 Å². The fourth-order valence-electron chi connectivity index (χ4n) is 2.47. The largest absolute Gasteiger partial charge is 0.493 e. The molecule has 1 aromatic heterocycles. The van der Waals surface area contributed by atoms with E-state index in [1.165, 1.54) is 11.3 Å². The Bertz CT molecular complexity index is 909. The maximum Gasteiger partial charge on any atom is 0.259 e. The van der Waals surface area contributed by atoms with Crippen molar-refractivity contribution in [3.05, 3.63) is 46.4 Å². The number of rotatable bonds is 6. The van der Waals surface area contributed by atoms with Crippen molar-refractivity contribution in [3.63, 3.8) is 0 Å². The first-order valence-electron chi connectivity index (χ1n) is 8.19. The molecule has 0 aliphatic carbocycles. The highest BCUT2D eigenvalue weighted by Gasteiger charge is 2.21. The van der Waals surface area contributed by atoms with Gasteiger partial charge < -0.3 is 9.47 Å². The first-order chi connectivity index (χ1) is 12.5. The highest BCUT2D eigenvalue weighted by molar-refractivity contribution is 9.10. The number of fused-ring (bicyclic) bond motifs is 1. The molecule has 0 spiro atoms. The first-order valence-corrected chi connectivity index (χ1v) is 9.80. The summed E-state index contributed by atoms with van der Waals surface area (Å²) in [7, 11) is 3.29. The zero-order chi connectivity index (χ0) is 18.7. The van der Waals surface area contributed by atoms with E-state index in [4.69, 9.17) is 9.47 Å². The van der Waals surface area contributed by atoms with E-state index >= 15 is 0 Å². The number of benzene rings is 2. The maximum atomic E-state index is 12.9. The molecule has 5 nitrogen and oxygen atoms in total. The second kappa shape index (κ2) is 8.05. The van der Waals surface area contributed by atoms with Crippen molar-refractivity contribution in [2.45, 2.75) is 13.3 Å². The predicted molar refractivity (Wildman–Crippen MR) is 109 cm³/mol. The van der Waals surface area contributed by atoms with E-state index in [-0.39, 0.29) is 5.91 Å². The van der Waals surface area contributed by atoms with Crippen LogP contribution in [0.4, 0.5) is 5.13 Å². The number of aromatic nitrogens is 1. The van der Waals surface area contributed by atoms with Crippen LogP contribution in [0, 0.1) is 0 Å². The number of anilines is 1. The lowest BCUT2D eigenvalue weighted by Crippen LogP contribution is -2.26. The average molecular weight is 435 g/mol. The number of carbonyl (C=O) groups excluding carboxylic acids is 1.